The molecule has 0 saturated heterocycles. The van der Waals surface area contributed by atoms with E-state index in [1.807, 2.05) is 30.3 Å². The second kappa shape index (κ2) is 6.33. The number of ether oxygens (including phenoxy) is 1. The highest BCUT2D eigenvalue weighted by molar-refractivity contribution is 5.29. The quantitative estimate of drug-likeness (QED) is 0.712. The van der Waals surface area contributed by atoms with Crippen LogP contribution in [0.4, 0.5) is 0 Å². The highest BCUT2D eigenvalue weighted by Gasteiger charge is 2.13. The van der Waals surface area contributed by atoms with E-state index in [0.29, 0.717) is 17.9 Å². The summed E-state index contributed by atoms with van der Waals surface area (Å²) in [5, 5.41) is 18.7. The Morgan fingerprint density at radius 2 is 1.58 bits per heavy atom. The van der Waals surface area contributed by atoms with Gasteiger partial charge in [0.2, 0.25) is 0 Å². The average molecular weight is 259 g/mol. The second-order valence-electron chi connectivity index (χ2n) is 4.28. The molecule has 0 aromatic heterocycles. The Hall–Kier alpha value is -1.88. The monoisotopic (exact) mass is 259 g/mol. The van der Waals surface area contributed by atoms with Crippen LogP contribution in [0, 0.1) is 0 Å². The Labute approximate surface area is 112 Å². The van der Waals surface area contributed by atoms with Gasteiger partial charge in [-0.15, -0.1) is 0 Å². The van der Waals surface area contributed by atoms with E-state index in [0.717, 1.165) is 5.56 Å². The lowest BCUT2D eigenvalue weighted by Gasteiger charge is -2.14. The lowest BCUT2D eigenvalue weighted by Crippen LogP contribution is -2.27. The summed E-state index contributed by atoms with van der Waals surface area (Å²) in [6, 6.07) is 16.7. The second-order valence-corrected chi connectivity index (χ2v) is 4.28. The van der Waals surface area contributed by atoms with Gasteiger partial charge >= 0.3 is 0 Å². The van der Waals surface area contributed by atoms with Gasteiger partial charge in [-0.2, -0.15) is 0 Å². The molecule has 0 heterocycles. The van der Waals surface area contributed by atoms with Crippen molar-refractivity contribution < 1.29 is 14.9 Å². The van der Waals surface area contributed by atoms with Crippen LogP contribution in [0.25, 0.3) is 0 Å². The maximum Gasteiger partial charge on any atom is 0.132 e. The molecule has 2 aromatic rings. The van der Waals surface area contributed by atoms with E-state index >= 15 is 0 Å². The first-order valence-electron chi connectivity index (χ1n) is 6.05. The van der Waals surface area contributed by atoms with Crippen LogP contribution < -0.4 is 10.5 Å². The zero-order valence-corrected chi connectivity index (χ0v) is 10.4. The Kier molecular flexibility index (Phi) is 4.52. The molecule has 4 heteroatoms. The van der Waals surface area contributed by atoms with Crippen molar-refractivity contribution in [2.45, 2.75) is 18.9 Å². The van der Waals surface area contributed by atoms with E-state index in [2.05, 4.69) is 0 Å². The van der Waals surface area contributed by atoms with Gasteiger partial charge in [0.15, 0.2) is 0 Å². The summed E-state index contributed by atoms with van der Waals surface area (Å²) in [6.07, 6.45) is -2.36. The molecule has 2 atom stereocenters. The number of aliphatic hydroxyl groups excluding tert-OH is 2. The molecule has 2 aromatic carbocycles. The Morgan fingerprint density at radius 1 is 0.947 bits per heavy atom. The maximum atomic E-state index is 9.58. The van der Waals surface area contributed by atoms with Crippen LogP contribution in [0.3, 0.4) is 0 Å². The van der Waals surface area contributed by atoms with Crippen LogP contribution in [-0.2, 0) is 6.61 Å². The summed E-state index contributed by atoms with van der Waals surface area (Å²) in [7, 11) is 0. The first kappa shape index (κ1) is 13.5. The number of aliphatic hydroxyl groups is 2. The molecule has 0 bridgehead atoms. The van der Waals surface area contributed by atoms with E-state index < -0.39 is 12.3 Å². The van der Waals surface area contributed by atoms with Crippen LogP contribution in [-0.4, -0.2) is 16.4 Å². The minimum atomic E-state index is -1.28. The standard InChI is InChI=1S/C15H17NO3/c16-15(18)14(17)12-6-8-13(9-7-12)19-10-11-4-2-1-3-5-11/h1-9,14-15,17-18H,10,16H2. The van der Waals surface area contributed by atoms with Crippen molar-refractivity contribution in [2.75, 3.05) is 0 Å². The van der Waals surface area contributed by atoms with Crippen LogP contribution in [0.5, 0.6) is 5.75 Å². The molecule has 0 radical (unpaired) electrons. The van der Waals surface area contributed by atoms with Crippen molar-refractivity contribution in [3.63, 3.8) is 0 Å². The summed E-state index contributed by atoms with van der Waals surface area (Å²) in [5.74, 6) is 0.700. The molecular weight excluding hydrogens is 242 g/mol. The molecule has 100 valence electrons. The molecule has 0 fully saturated rings. The third kappa shape index (κ3) is 3.79. The molecule has 0 aliphatic heterocycles. The molecule has 0 saturated carbocycles. The first-order chi connectivity index (χ1) is 9.16. The van der Waals surface area contributed by atoms with Crippen molar-refractivity contribution in [1.82, 2.24) is 0 Å². The Bertz CT molecular complexity index is 497. The lowest BCUT2D eigenvalue weighted by atomic mass is 10.1. The number of nitrogens with two attached hydrogens (primary N) is 1. The van der Waals surface area contributed by atoms with Gasteiger partial charge in [-0.1, -0.05) is 42.5 Å². The molecule has 19 heavy (non-hydrogen) atoms. The van der Waals surface area contributed by atoms with Gasteiger partial charge in [-0.3, -0.25) is 0 Å². The van der Waals surface area contributed by atoms with Crippen LogP contribution in [0.1, 0.15) is 17.2 Å². The highest BCUT2D eigenvalue weighted by atomic mass is 16.5. The topological polar surface area (TPSA) is 75.7 Å². The summed E-state index contributed by atoms with van der Waals surface area (Å²) >= 11 is 0. The van der Waals surface area contributed by atoms with Crippen molar-refractivity contribution >= 4 is 0 Å². The summed E-state index contributed by atoms with van der Waals surface area (Å²) in [6.45, 7) is 0.488. The molecule has 2 rings (SSSR count). The summed E-state index contributed by atoms with van der Waals surface area (Å²) < 4.78 is 5.61. The van der Waals surface area contributed by atoms with Crippen LogP contribution >= 0.6 is 0 Å². The van der Waals surface area contributed by atoms with Gasteiger partial charge in [0.1, 0.15) is 24.7 Å². The molecule has 2 unspecified atom stereocenters. The minimum absolute atomic E-state index is 0.488. The molecule has 0 spiro atoms. The maximum absolute atomic E-state index is 9.58. The Morgan fingerprint density at radius 3 is 2.16 bits per heavy atom. The fourth-order valence-corrected chi connectivity index (χ4v) is 1.70. The van der Waals surface area contributed by atoms with Gasteiger partial charge < -0.3 is 20.7 Å². The van der Waals surface area contributed by atoms with Crippen molar-refractivity contribution in [3.05, 3.63) is 65.7 Å². The van der Waals surface area contributed by atoms with Gasteiger partial charge in [0.25, 0.3) is 0 Å². The lowest BCUT2D eigenvalue weighted by molar-refractivity contribution is 0.0227. The molecule has 0 aliphatic rings. The van der Waals surface area contributed by atoms with Crippen molar-refractivity contribution in [2.24, 2.45) is 5.73 Å². The highest BCUT2D eigenvalue weighted by Crippen LogP contribution is 2.19. The van der Waals surface area contributed by atoms with E-state index in [4.69, 9.17) is 15.6 Å². The molecule has 0 amide bonds. The number of hydrogen-bond donors (Lipinski definition) is 3. The normalized spacial score (nSPS) is 13.8. The van der Waals surface area contributed by atoms with Gasteiger partial charge in [0.05, 0.1) is 0 Å². The number of rotatable bonds is 5. The zero-order chi connectivity index (χ0) is 13.7. The molecule has 4 nitrogen and oxygen atoms in total. The van der Waals surface area contributed by atoms with Crippen LogP contribution in [0.2, 0.25) is 0 Å². The first-order valence-corrected chi connectivity index (χ1v) is 6.05. The molecule has 0 aliphatic carbocycles. The molecule has 4 N–H and O–H groups in total. The summed E-state index contributed by atoms with van der Waals surface area (Å²) in [4.78, 5) is 0. The third-order valence-electron chi connectivity index (χ3n) is 2.79. The van der Waals surface area contributed by atoms with Gasteiger partial charge in [0, 0.05) is 0 Å². The van der Waals surface area contributed by atoms with Gasteiger partial charge in [-0.05, 0) is 23.3 Å². The zero-order valence-electron chi connectivity index (χ0n) is 10.4. The van der Waals surface area contributed by atoms with E-state index in [9.17, 15) is 5.11 Å². The number of hydrogen-bond acceptors (Lipinski definition) is 4. The van der Waals surface area contributed by atoms with Crippen molar-refractivity contribution in [3.8, 4) is 5.75 Å². The average Bonchev–Trinajstić information content (AvgIpc) is 2.46. The molecular formula is C15H17NO3. The van der Waals surface area contributed by atoms with E-state index in [-0.39, 0.29) is 0 Å². The smallest absolute Gasteiger partial charge is 0.132 e. The fourth-order valence-electron chi connectivity index (χ4n) is 1.70. The third-order valence-corrected chi connectivity index (χ3v) is 2.79. The fraction of sp³-hybridized carbons (Fsp3) is 0.200. The van der Waals surface area contributed by atoms with E-state index in [1.54, 1.807) is 24.3 Å². The predicted molar refractivity (Wildman–Crippen MR) is 72.4 cm³/mol. The summed E-state index contributed by atoms with van der Waals surface area (Å²) in [5.41, 5.74) is 6.86. The van der Waals surface area contributed by atoms with Crippen molar-refractivity contribution in [1.29, 1.82) is 0 Å². The van der Waals surface area contributed by atoms with E-state index in [1.165, 1.54) is 0 Å². The van der Waals surface area contributed by atoms with Gasteiger partial charge in [-0.25, -0.2) is 0 Å². The SMILES string of the molecule is NC(O)C(O)c1ccc(OCc2ccccc2)cc1. The minimum Gasteiger partial charge on any atom is -0.489 e. The van der Waals surface area contributed by atoms with Crippen LogP contribution in [0.15, 0.2) is 54.6 Å². The Balaban J connectivity index is 1.96. The largest absolute Gasteiger partial charge is 0.489 e. The number of benzene rings is 2. The predicted octanol–water partition coefficient (Wildman–Crippen LogP) is 1.58.